The summed E-state index contributed by atoms with van der Waals surface area (Å²) in [5.74, 6) is 0. The fourth-order valence-corrected chi connectivity index (χ4v) is 6.59. The number of fused-ring (bicyclic) bond motifs is 11. The highest BCUT2D eigenvalue weighted by atomic mass is 16.4. The molecule has 6 aromatic carbocycles. The Morgan fingerprint density at radius 3 is 2.02 bits per heavy atom. The van der Waals surface area contributed by atoms with Gasteiger partial charge in [-0.1, -0.05) is 84.9 Å². The average molecular weight is 541 g/mol. The zero-order chi connectivity index (χ0) is 27.4. The van der Waals surface area contributed by atoms with Crippen molar-refractivity contribution in [3.63, 3.8) is 0 Å². The molecule has 0 saturated heterocycles. The zero-order valence-corrected chi connectivity index (χ0v) is 22.2. The smallest absolute Gasteiger partial charge is 0.307 e. The maximum absolute atomic E-state index is 6.81. The zero-order valence-electron chi connectivity index (χ0n) is 22.2. The molecule has 0 spiro atoms. The molecule has 0 aliphatic carbocycles. The molecule has 0 N–H and O–H groups in total. The molecule has 5 nitrogen and oxygen atoms in total. The van der Waals surface area contributed by atoms with E-state index in [-0.39, 0.29) is 0 Å². The van der Waals surface area contributed by atoms with Crippen molar-refractivity contribution in [2.24, 2.45) is 0 Å². The number of hydrogen-bond acceptors (Lipinski definition) is 4. The minimum absolute atomic E-state index is 0.512. The molecule has 0 bridgehead atoms. The van der Waals surface area contributed by atoms with Gasteiger partial charge in [0.1, 0.15) is 27.8 Å². The second kappa shape index (κ2) is 7.89. The minimum atomic E-state index is 0.512. The quantitative estimate of drug-likeness (QED) is 0.219. The van der Waals surface area contributed by atoms with Gasteiger partial charge in [0, 0.05) is 32.5 Å². The lowest BCUT2D eigenvalue weighted by Crippen LogP contribution is -1.93. The van der Waals surface area contributed by atoms with Crippen LogP contribution in [0.2, 0.25) is 0 Å². The maximum atomic E-state index is 6.81. The summed E-state index contributed by atoms with van der Waals surface area (Å²) in [4.78, 5) is 5.24. The second-order valence-corrected chi connectivity index (χ2v) is 10.8. The van der Waals surface area contributed by atoms with Gasteiger partial charge in [-0.3, -0.25) is 4.57 Å². The van der Waals surface area contributed by atoms with Crippen molar-refractivity contribution in [1.82, 2.24) is 9.55 Å². The number of para-hydroxylation sites is 3. The van der Waals surface area contributed by atoms with E-state index < -0.39 is 0 Å². The summed E-state index contributed by atoms with van der Waals surface area (Å²) in [6.45, 7) is 0. The van der Waals surface area contributed by atoms with Crippen molar-refractivity contribution in [3.05, 3.63) is 121 Å². The van der Waals surface area contributed by atoms with Crippen LogP contribution in [0.15, 0.2) is 135 Å². The molecule has 42 heavy (non-hydrogen) atoms. The van der Waals surface area contributed by atoms with Crippen molar-refractivity contribution in [3.8, 4) is 17.1 Å². The van der Waals surface area contributed by atoms with Crippen molar-refractivity contribution >= 4 is 76.8 Å². The van der Waals surface area contributed by atoms with Crippen LogP contribution < -0.4 is 0 Å². The number of oxazole rings is 1. The van der Waals surface area contributed by atoms with Crippen LogP contribution in [0.1, 0.15) is 0 Å². The lowest BCUT2D eigenvalue weighted by Gasteiger charge is -2.03. The van der Waals surface area contributed by atoms with Gasteiger partial charge >= 0.3 is 6.01 Å². The molecule has 0 atom stereocenters. The maximum Gasteiger partial charge on any atom is 0.307 e. The average Bonchev–Trinajstić information content (AvgIpc) is 3.79. The molecule has 0 amide bonds. The predicted molar refractivity (Wildman–Crippen MR) is 168 cm³/mol. The fraction of sp³-hybridized carbons (Fsp3) is 0. The summed E-state index contributed by atoms with van der Waals surface area (Å²) >= 11 is 0. The van der Waals surface area contributed by atoms with Crippen molar-refractivity contribution < 1.29 is 13.3 Å². The van der Waals surface area contributed by atoms with E-state index >= 15 is 0 Å². The molecule has 10 rings (SSSR count). The Balaban J connectivity index is 1.37. The van der Waals surface area contributed by atoms with Gasteiger partial charge in [0.15, 0.2) is 5.58 Å². The first kappa shape index (κ1) is 21.9. The highest BCUT2D eigenvalue weighted by Gasteiger charge is 2.23. The van der Waals surface area contributed by atoms with Gasteiger partial charge in [0.2, 0.25) is 0 Å². The normalized spacial score (nSPS) is 12.3. The van der Waals surface area contributed by atoms with E-state index in [1.807, 2.05) is 54.6 Å². The Labute approximate surface area is 237 Å². The van der Waals surface area contributed by atoms with Crippen LogP contribution in [0.4, 0.5) is 0 Å². The van der Waals surface area contributed by atoms with Gasteiger partial charge in [-0.2, -0.15) is 4.98 Å². The van der Waals surface area contributed by atoms with Crippen LogP contribution in [-0.4, -0.2) is 9.55 Å². The fourth-order valence-electron chi connectivity index (χ4n) is 6.59. The first-order valence-electron chi connectivity index (χ1n) is 14.0. The molecule has 196 valence electrons. The van der Waals surface area contributed by atoms with E-state index in [2.05, 4.69) is 71.3 Å². The molecule has 0 aliphatic rings. The summed E-state index contributed by atoms with van der Waals surface area (Å²) in [5.41, 5.74) is 8.89. The Bertz CT molecular complexity index is 2690. The van der Waals surface area contributed by atoms with Crippen LogP contribution in [-0.2, 0) is 0 Å². The third-order valence-corrected chi connectivity index (χ3v) is 8.44. The topological polar surface area (TPSA) is 57.2 Å². The Kier molecular flexibility index (Phi) is 4.12. The van der Waals surface area contributed by atoms with Crippen LogP contribution in [0.25, 0.3) is 93.9 Å². The lowest BCUT2D eigenvalue weighted by molar-refractivity contribution is 0.575. The van der Waals surface area contributed by atoms with E-state index in [4.69, 9.17) is 18.2 Å². The molecule has 4 aromatic heterocycles. The number of aromatic nitrogens is 2. The van der Waals surface area contributed by atoms with Crippen molar-refractivity contribution in [2.45, 2.75) is 0 Å². The van der Waals surface area contributed by atoms with Gasteiger partial charge < -0.3 is 13.3 Å². The van der Waals surface area contributed by atoms with Crippen LogP contribution in [0.5, 0.6) is 0 Å². The molecule has 5 heteroatoms. The predicted octanol–water partition coefficient (Wildman–Crippen LogP) is 10.4. The summed E-state index contributed by atoms with van der Waals surface area (Å²) in [7, 11) is 0. The third-order valence-electron chi connectivity index (χ3n) is 8.44. The first-order valence-corrected chi connectivity index (χ1v) is 14.0. The first-order chi connectivity index (χ1) is 20.8. The van der Waals surface area contributed by atoms with E-state index in [9.17, 15) is 0 Å². The summed E-state index contributed by atoms with van der Waals surface area (Å²) in [5, 5.41) is 6.32. The van der Waals surface area contributed by atoms with E-state index in [0.29, 0.717) is 6.01 Å². The van der Waals surface area contributed by atoms with E-state index in [1.54, 1.807) is 0 Å². The van der Waals surface area contributed by atoms with Gasteiger partial charge in [-0.05, 0) is 42.0 Å². The Morgan fingerprint density at radius 1 is 0.476 bits per heavy atom. The molecular weight excluding hydrogens is 520 g/mol. The van der Waals surface area contributed by atoms with Crippen molar-refractivity contribution in [2.75, 3.05) is 0 Å². The monoisotopic (exact) mass is 540 g/mol. The number of hydrogen-bond donors (Lipinski definition) is 0. The SMILES string of the molecule is c1ccc(-c2cc3oc4ccccc4c3c3nc(-n4c5ccccc5c5cc6oc7ccccc7c6cc54)oc23)cc1. The van der Waals surface area contributed by atoms with Crippen LogP contribution in [0, 0.1) is 0 Å². The Hall–Kier alpha value is -5.81. The molecule has 4 heterocycles. The Morgan fingerprint density at radius 2 is 1.17 bits per heavy atom. The molecule has 0 radical (unpaired) electrons. The highest BCUT2D eigenvalue weighted by Crippen LogP contribution is 2.43. The van der Waals surface area contributed by atoms with Gasteiger partial charge in [-0.25, -0.2) is 0 Å². The highest BCUT2D eigenvalue weighted by molar-refractivity contribution is 6.20. The molecular formula is C37H20N2O3. The second-order valence-electron chi connectivity index (χ2n) is 10.8. The molecule has 0 unspecified atom stereocenters. The van der Waals surface area contributed by atoms with Crippen LogP contribution in [0.3, 0.4) is 0 Å². The van der Waals surface area contributed by atoms with Crippen LogP contribution >= 0.6 is 0 Å². The molecule has 0 aliphatic heterocycles. The summed E-state index contributed by atoms with van der Waals surface area (Å²) in [6.07, 6.45) is 0. The number of nitrogens with zero attached hydrogens (tertiary/aromatic N) is 2. The number of rotatable bonds is 2. The summed E-state index contributed by atoms with van der Waals surface area (Å²) < 4.78 is 21.5. The van der Waals surface area contributed by atoms with Gasteiger partial charge in [0.25, 0.3) is 0 Å². The number of benzene rings is 6. The van der Waals surface area contributed by atoms with E-state index in [1.165, 1.54) is 0 Å². The van der Waals surface area contributed by atoms with E-state index in [0.717, 1.165) is 87.9 Å². The minimum Gasteiger partial charge on any atom is -0.456 e. The summed E-state index contributed by atoms with van der Waals surface area (Å²) in [6, 6.07) is 41.8. The largest absolute Gasteiger partial charge is 0.456 e. The molecule has 0 fully saturated rings. The lowest BCUT2D eigenvalue weighted by atomic mass is 10.0. The number of furan rings is 2. The molecule has 0 saturated carbocycles. The standard InChI is InChI=1S/C37H20N2O3/c1-2-10-21(11-3-1)25-19-33-34(24-14-6-9-17-31(24)41-33)35-36(25)42-37(38-35)39-28-15-7-4-12-22(28)26-20-32-27(18-29(26)39)23-13-5-8-16-30(23)40-32/h1-20H. The molecule has 10 aromatic rings. The van der Waals surface area contributed by atoms with Gasteiger partial charge in [0.05, 0.1) is 16.4 Å². The van der Waals surface area contributed by atoms with Gasteiger partial charge in [-0.15, -0.1) is 0 Å². The van der Waals surface area contributed by atoms with Crippen molar-refractivity contribution in [1.29, 1.82) is 0 Å². The third kappa shape index (κ3) is 2.84.